The lowest BCUT2D eigenvalue weighted by molar-refractivity contribution is -0.124. The van der Waals surface area contributed by atoms with Crippen molar-refractivity contribution in [2.75, 3.05) is 0 Å². The standard InChI is InChI=1S/C17H18ClNO3/c1-11(8-12-6-7-15(20)16(21)9-12)17(22)19-10-13-4-2-3-5-14(13)18/h2-7,9,11,20-21H,8,10H2,1H3,(H,19,22). The van der Waals surface area contributed by atoms with Crippen LogP contribution in [0.4, 0.5) is 0 Å². The van der Waals surface area contributed by atoms with E-state index in [1.54, 1.807) is 12.1 Å². The molecule has 116 valence electrons. The zero-order chi connectivity index (χ0) is 16.1. The van der Waals surface area contributed by atoms with Gasteiger partial charge in [0, 0.05) is 17.5 Å². The second kappa shape index (κ2) is 7.18. The molecule has 2 rings (SSSR count). The summed E-state index contributed by atoms with van der Waals surface area (Å²) in [5.74, 6) is -0.695. The molecule has 0 spiro atoms. The third-order valence-electron chi connectivity index (χ3n) is 3.44. The van der Waals surface area contributed by atoms with Crippen molar-refractivity contribution in [3.05, 3.63) is 58.6 Å². The van der Waals surface area contributed by atoms with Crippen LogP contribution in [-0.4, -0.2) is 16.1 Å². The van der Waals surface area contributed by atoms with Gasteiger partial charge in [0.25, 0.3) is 0 Å². The Labute approximate surface area is 134 Å². The molecular formula is C17H18ClNO3. The molecule has 1 unspecified atom stereocenters. The van der Waals surface area contributed by atoms with Crippen LogP contribution in [0.25, 0.3) is 0 Å². The molecule has 22 heavy (non-hydrogen) atoms. The van der Waals surface area contributed by atoms with Crippen molar-refractivity contribution in [1.29, 1.82) is 0 Å². The number of benzene rings is 2. The van der Waals surface area contributed by atoms with Gasteiger partial charge in [-0.15, -0.1) is 0 Å². The summed E-state index contributed by atoms with van der Waals surface area (Å²) in [7, 11) is 0. The van der Waals surface area contributed by atoms with Crippen LogP contribution >= 0.6 is 11.6 Å². The van der Waals surface area contributed by atoms with E-state index in [9.17, 15) is 15.0 Å². The first-order valence-corrected chi connectivity index (χ1v) is 7.37. The van der Waals surface area contributed by atoms with Crippen LogP contribution in [0.15, 0.2) is 42.5 Å². The second-order valence-electron chi connectivity index (χ2n) is 5.24. The van der Waals surface area contributed by atoms with Crippen molar-refractivity contribution in [2.24, 2.45) is 5.92 Å². The Kier molecular flexibility index (Phi) is 5.28. The van der Waals surface area contributed by atoms with Gasteiger partial charge in [0.2, 0.25) is 5.91 Å². The van der Waals surface area contributed by atoms with E-state index >= 15 is 0 Å². The molecule has 0 saturated heterocycles. The van der Waals surface area contributed by atoms with E-state index in [-0.39, 0.29) is 23.3 Å². The molecule has 2 aromatic rings. The van der Waals surface area contributed by atoms with E-state index in [0.29, 0.717) is 18.0 Å². The number of carbonyl (C=O) groups excluding carboxylic acids is 1. The van der Waals surface area contributed by atoms with Crippen molar-refractivity contribution in [1.82, 2.24) is 5.32 Å². The number of hydrogen-bond donors (Lipinski definition) is 3. The third-order valence-corrected chi connectivity index (χ3v) is 3.81. The average molecular weight is 320 g/mol. The number of phenols is 2. The van der Waals surface area contributed by atoms with Crippen LogP contribution in [0.5, 0.6) is 11.5 Å². The minimum atomic E-state index is -0.258. The van der Waals surface area contributed by atoms with Crippen molar-refractivity contribution in [3.63, 3.8) is 0 Å². The molecule has 1 amide bonds. The maximum absolute atomic E-state index is 12.1. The number of nitrogens with one attached hydrogen (secondary N) is 1. The van der Waals surface area contributed by atoms with Crippen LogP contribution in [0, 0.1) is 5.92 Å². The number of rotatable bonds is 5. The summed E-state index contributed by atoms with van der Waals surface area (Å²) >= 11 is 6.05. The van der Waals surface area contributed by atoms with E-state index in [2.05, 4.69) is 5.32 Å². The molecule has 0 aliphatic rings. The molecule has 0 aromatic heterocycles. The van der Waals surface area contributed by atoms with E-state index in [1.165, 1.54) is 12.1 Å². The Morgan fingerprint density at radius 1 is 1.18 bits per heavy atom. The summed E-state index contributed by atoms with van der Waals surface area (Å²) in [6, 6.07) is 11.9. The summed E-state index contributed by atoms with van der Waals surface area (Å²) < 4.78 is 0. The number of carbonyl (C=O) groups is 1. The molecule has 1 atom stereocenters. The molecule has 4 nitrogen and oxygen atoms in total. The molecule has 0 heterocycles. The maximum Gasteiger partial charge on any atom is 0.223 e. The molecule has 0 radical (unpaired) electrons. The van der Waals surface area contributed by atoms with Gasteiger partial charge in [-0.2, -0.15) is 0 Å². The van der Waals surface area contributed by atoms with Crippen LogP contribution in [0.3, 0.4) is 0 Å². The smallest absolute Gasteiger partial charge is 0.223 e. The zero-order valence-electron chi connectivity index (χ0n) is 12.2. The van der Waals surface area contributed by atoms with E-state index in [0.717, 1.165) is 11.1 Å². The highest BCUT2D eigenvalue weighted by molar-refractivity contribution is 6.31. The predicted molar refractivity (Wildman–Crippen MR) is 85.9 cm³/mol. The number of aromatic hydroxyl groups is 2. The fourth-order valence-electron chi connectivity index (χ4n) is 2.14. The molecule has 0 saturated carbocycles. The highest BCUT2D eigenvalue weighted by Gasteiger charge is 2.14. The summed E-state index contributed by atoms with van der Waals surface area (Å²) in [6.45, 7) is 2.19. The molecule has 0 fully saturated rings. The zero-order valence-corrected chi connectivity index (χ0v) is 13.0. The van der Waals surface area contributed by atoms with E-state index in [1.807, 2.05) is 25.1 Å². The summed E-state index contributed by atoms with van der Waals surface area (Å²) in [6.07, 6.45) is 0.474. The maximum atomic E-state index is 12.1. The molecule has 2 aromatic carbocycles. The minimum Gasteiger partial charge on any atom is -0.504 e. The number of phenolic OH excluding ortho intramolecular Hbond substituents is 2. The van der Waals surface area contributed by atoms with Gasteiger partial charge in [-0.1, -0.05) is 42.8 Å². The summed E-state index contributed by atoms with van der Waals surface area (Å²) in [4.78, 5) is 12.1. The van der Waals surface area contributed by atoms with Gasteiger partial charge >= 0.3 is 0 Å². The first-order valence-electron chi connectivity index (χ1n) is 6.99. The molecular weight excluding hydrogens is 302 g/mol. The van der Waals surface area contributed by atoms with Crippen LogP contribution in [0.1, 0.15) is 18.1 Å². The predicted octanol–water partition coefficient (Wildman–Crippen LogP) is 3.25. The van der Waals surface area contributed by atoms with Crippen molar-refractivity contribution >= 4 is 17.5 Å². The third kappa shape index (κ3) is 4.15. The highest BCUT2D eigenvalue weighted by atomic mass is 35.5. The van der Waals surface area contributed by atoms with E-state index < -0.39 is 0 Å². The first-order chi connectivity index (χ1) is 10.5. The van der Waals surface area contributed by atoms with Crippen LogP contribution in [-0.2, 0) is 17.8 Å². The van der Waals surface area contributed by atoms with Crippen molar-refractivity contribution in [2.45, 2.75) is 19.9 Å². The Morgan fingerprint density at radius 2 is 1.91 bits per heavy atom. The fourth-order valence-corrected chi connectivity index (χ4v) is 2.34. The van der Waals surface area contributed by atoms with Crippen LogP contribution in [0.2, 0.25) is 5.02 Å². The molecule has 0 aliphatic carbocycles. The quantitative estimate of drug-likeness (QED) is 0.741. The van der Waals surface area contributed by atoms with Gasteiger partial charge in [-0.05, 0) is 35.7 Å². The Balaban J connectivity index is 1.92. The second-order valence-corrected chi connectivity index (χ2v) is 5.64. The van der Waals surface area contributed by atoms with Gasteiger partial charge in [0.1, 0.15) is 0 Å². The monoisotopic (exact) mass is 319 g/mol. The summed E-state index contributed by atoms with van der Waals surface area (Å²) in [5.41, 5.74) is 1.66. The number of hydrogen-bond acceptors (Lipinski definition) is 3. The Morgan fingerprint density at radius 3 is 2.59 bits per heavy atom. The largest absolute Gasteiger partial charge is 0.504 e. The Hall–Kier alpha value is -2.20. The molecule has 0 bridgehead atoms. The topological polar surface area (TPSA) is 69.6 Å². The van der Waals surface area contributed by atoms with E-state index in [4.69, 9.17) is 11.6 Å². The number of halogens is 1. The van der Waals surface area contributed by atoms with Crippen LogP contribution < -0.4 is 5.32 Å². The highest BCUT2D eigenvalue weighted by Crippen LogP contribution is 2.26. The summed E-state index contributed by atoms with van der Waals surface area (Å²) in [5, 5.41) is 22.2. The van der Waals surface area contributed by atoms with Gasteiger partial charge in [-0.25, -0.2) is 0 Å². The normalized spacial score (nSPS) is 11.9. The van der Waals surface area contributed by atoms with Gasteiger partial charge in [0.15, 0.2) is 11.5 Å². The van der Waals surface area contributed by atoms with Crippen molar-refractivity contribution in [3.8, 4) is 11.5 Å². The lowest BCUT2D eigenvalue weighted by Crippen LogP contribution is -2.29. The minimum absolute atomic E-state index is 0.0903. The average Bonchev–Trinajstić information content (AvgIpc) is 2.50. The molecule has 5 heteroatoms. The molecule has 3 N–H and O–H groups in total. The fraction of sp³-hybridized carbons (Fsp3) is 0.235. The van der Waals surface area contributed by atoms with Gasteiger partial charge in [-0.3, -0.25) is 4.79 Å². The first kappa shape index (κ1) is 16.2. The van der Waals surface area contributed by atoms with Gasteiger partial charge in [0.05, 0.1) is 0 Å². The number of amides is 1. The SMILES string of the molecule is CC(Cc1ccc(O)c(O)c1)C(=O)NCc1ccccc1Cl. The molecule has 0 aliphatic heterocycles. The van der Waals surface area contributed by atoms with Gasteiger partial charge < -0.3 is 15.5 Å². The van der Waals surface area contributed by atoms with Crippen molar-refractivity contribution < 1.29 is 15.0 Å². The lowest BCUT2D eigenvalue weighted by Gasteiger charge is -2.13. The lowest BCUT2D eigenvalue weighted by atomic mass is 10.00. The Bertz CT molecular complexity index is 673.